The van der Waals surface area contributed by atoms with Crippen molar-refractivity contribution < 1.29 is 9.72 Å². The standard InChI is InChI=1S/C16H23N3O3S/c1-3-10-18(13-6-8-17-9-7-13)16(20)12-4-5-15(23-2)14(11-12)19(21)22/h4-5,11,13,17H,3,6-10H2,1-2H3. The van der Waals surface area contributed by atoms with E-state index in [1.54, 1.807) is 18.4 Å². The van der Waals surface area contributed by atoms with Crippen LogP contribution in [0.3, 0.4) is 0 Å². The molecule has 1 N–H and O–H groups in total. The van der Waals surface area contributed by atoms with E-state index in [-0.39, 0.29) is 17.6 Å². The maximum Gasteiger partial charge on any atom is 0.283 e. The molecule has 0 atom stereocenters. The van der Waals surface area contributed by atoms with Gasteiger partial charge in [0, 0.05) is 24.2 Å². The van der Waals surface area contributed by atoms with Crippen molar-refractivity contribution in [2.45, 2.75) is 37.1 Å². The van der Waals surface area contributed by atoms with Crippen molar-refractivity contribution in [3.05, 3.63) is 33.9 Å². The molecule has 1 fully saturated rings. The molecule has 0 spiro atoms. The predicted molar refractivity (Wildman–Crippen MR) is 92.1 cm³/mol. The van der Waals surface area contributed by atoms with Gasteiger partial charge in [0.25, 0.3) is 11.6 Å². The van der Waals surface area contributed by atoms with Crippen molar-refractivity contribution in [2.24, 2.45) is 0 Å². The van der Waals surface area contributed by atoms with Gasteiger partial charge in [-0.25, -0.2) is 0 Å². The van der Waals surface area contributed by atoms with E-state index in [4.69, 9.17) is 0 Å². The molecule has 1 aliphatic rings. The molecule has 6 nitrogen and oxygen atoms in total. The second kappa shape index (κ2) is 8.31. The summed E-state index contributed by atoms with van der Waals surface area (Å²) in [5.41, 5.74) is 0.409. The summed E-state index contributed by atoms with van der Waals surface area (Å²) >= 11 is 1.32. The Morgan fingerprint density at radius 3 is 2.70 bits per heavy atom. The number of carbonyl (C=O) groups is 1. The van der Waals surface area contributed by atoms with Crippen molar-refractivity contribution in [3.8, 4) is 0 Å². The van der Waals surface area contributed by atoms with Crippen molar-refractivity contribution in [1.29, 1.82) is 0 Å². The fourth-order valence-electron chi connectivity index (χ4n) is 2.94. The molecule has 23 heavy (non-hydrogen) atoms. The van der Waals surface area contributed by atoms with Gasteiger partial charge in [-0.2, -0.15) is 0 Å². The van der Waals surface area contributed by atoms with Crippen LogP contribution in [0.15, 0.2) is 23.1 Å². The topological polar surface area (TPSA) is 75.5 Å². The molecule has 0 radical (unpaired) electrons. The molecule has 0 aliphatic carbocycles. The molecule has 1 aromatic rings. The Kier molecular flexibility index (Phi) is 6.41. The summed E-state index contributed by atoms with van der Waals surface area (Å²) < 4.78 is 0. The number of hydrogen-bond donors (Lipinski definition) is 1. The molecule has 0 bridgehead atoms. The Bertz CT molecular complexity index is 574. The fraction of sp³-hybridized carbons (Fsp3) is 0.562. The van der Waals surface area contributed by atoms with E-state index in [0.29, 0.717) is 17.0 Å². The lowest BCUT2D eigenvalue weighted by Gasteiger charge is -2.34. The number of nitrogens with one attached hydrogen (secondary N) is 1. The molecule has 1 aromatic carbocycles. The Morgan fingerprint density at radius 2 is 2.13 bits per heavy atom. The van der Waals surface area contributed by atoms with E-state index in [1.165, 1.54) is 17.8 Å². The summed E-state index contributed by atoms with van der Waals surface area (Å²) in [6.07, 6.45) is 4.52. The van der Waals surface area contributed by atoms with Gasteiger partial charge in [-0.15, -0.1) is 11.8 Å². The van der Waals surface area contributed by atoms with Crippen LogP contribution in [0, 0.1) is 10.1 Å². The lowest BCUT2D eigenvalue weighted by molar-refractivity contribution is -0.387. The van der Waals surface area contributed by atoms with Crippen LogP contribution in [0.2, 0.25) is 0 Å². The maximum atomic E-state index is 12.9. The van der Waals surface area contributed by atoms with Gasteiger partial charge in [0.1, 0.15) is 0 Å². The molecule has 2 rings (SSSR count). The van der Waals surface area contributed by atoms with Crippen molar-refractivity contribution >= 4 is 23.4 Å². The van der Waals surface area contributed by atoms with Gasteiger partial charge in [0.15, 0.2) is 0 Å². The zero-order chi connectivity index (χ0) is 16.8. The predicted octanol–water partition coefficient (Wildman–Crippen LogP) is 2.92. The van der Waals surface area contributed by atoms with Gasteiger partial charge < -0.3 is 10.2 Å². The molecule has 1 aliphatic heterocycles. The van der Waals surface area contributed by atoms with Gasteiger partial charge in [0.05, 0.1) is 9.82 Å². The Balaban J connectivity index is 2.28. The van der Waals surface area contributed by atoms with Crippen LogP contribution in [0.5, 0.6) is 0 Å². The van der Waals surface area contributed by atoms with Crippen LogP contribution < -0.4 is 5.32 Å². The number of amides is 1. The summed E-state index contributed by atoms with van der Waals surface area (Å²) in [6, 6.07) is 4.99. The quantitative estimate of drug-likeness (QED) is 0.491. The monoisotopic (exact) mass is 337 g/mol. The first-order chi connectivity index (χ1) is 11.1. The molecule has 0 aromatic heterocycles. The van der Waals surface area contributed by atoms with Crippen molar-refractivity contribution in [1.82, 2.24) is 10.2 Å². The number of nitro groups is 1. The molecule has 1 saturated heterocycles. The van der Waals surface area contributed by atoms with Crippen molar-refractivity contribution in [3.63, 3.8) is 0 Å². The molecule has 126 valence electrons. The number of thioether (sulfide) groups is 1. The molecular weight excluding hydrogens is 314 g/mol. The minimum absolute atomic E-state index is 0.00473. The van der Waals surface area contributed by atoms with Gasteiger partial charge in [0.2, 0.25) is 0 Å². The Morgan fingerprint density at radius 1 is 1.43 bits per heavy atom. The van der Waals surface area contributed by atoms with Crippen LogP contribution in [-0.4, -0.2) is 47.7 Å². The Labute approximate surface area is 140 Å². The van der Waals surface area contributed by atoms with Gasteiger partial charge in [-0.05, 0) is 50.7 Å². The normalized spacial score (nSPS) is 15.4. The molecule has 1 heterocycles. The minimum Gasteiger partial charge on any atom is -0.336 e. The summed E-state index contributed by atoms with van der Waals surface area (Å²) in [6.45, 7) is 4.54. The van der Waals surface area contributed by atoms with Crippen molar-refractivity contribution in [2.75, 3.05) is 25.9 Å². The second-order valence-corrected chi connectivity index (χ2v) is 6.47. The highest BCUT2D eigenvalue weighted by molar-refractivity contribution is 7.98. The summed E-state index contributed by atoms with van der Waals surface area (Å²) in [5, 5.41) is 14.5. The van der Waals surface area contributed by atoms with E-state index in [9.17, 15) is 14.9 Å². The van der Waals surface area contributed by atoms with Crippen LogP contribution in [-0.2, 0) is 0 Å². The lowest BCUT2D eigenvalue weighted by Crippen LogP contribution is -2.46. The third-order valence-electron chi connectivity index (χ3n) is 4.10. The third-order valence-corrected chi connectivity index (χ3v) is 4.88. The number of nitrogens with zero attached hydrogens (tertiary/aromatic N) is 2. The molecule has 7 heteroatoms. The highest BCUT2D eigenvalue weighted by Gasteiger charge is 2.27. The van der Waals surface area contributed by atoms with E-state index in [0.717, 1.165) is 32.4 Å². The summed E-state index contributed by atoms with van der Waals surface area (Å²) in [4.78, 5) is 26.1. The molecule has 0 unspecified atom stereocenters. The largest absolute Gasteiger partial charge is 0.336 e. The average molecular weight is 337 g/mol. The summed E-state index contributed by atoms with van der Waals surface area (Å²) in [5.74, 6) is -0.102. The highest BCUT2D eigenvalue weighted by Crippen LogP contribution is 2.29. The first-order valence-electron chi connectivity index (χ1n) is 7.92. The number of hydrogen-bond acceptors (Lipinski definition) is 5. The number of benzene rings is 1. The molecule has 0 saturated carbocycles. The summed E-state index contributed by atoms with van der Waals surface area (Å²) in [7, 11) is 0. The second-order valence-electron chi connectivity index (χ2n) is 5.62. The Hall–Kier alpha value is -1.60. The average Bonchev–Trinajstić information content (AvgIpc) is 2.59. The fourth-order valence-corrected chi connectivity index (χ4v) is 3.49. The van der Waals surface area contributed by atoms with Crippen LogP contribution in [0.25, 0.3) is 0 Å². The van der Waals surface area contributed by atoms with Gasteiger partial charge in [-0.3, -0.25) is 14.9 Å². The number of nitro benzene ring substituents is 1. The minimum atomic E-state index is -0.419. The number of piperidine rings is 1. The molecule has 1 amide bonds. The lowest BCUT2D eigenvalue weighted by atomic mass is 10.0. The smallest absolute Gasteiger partial charge is 0.283 e. The van der Waals surface area contributed by atoms with E-state index in [1.807, 2.05) is 11.8 Å². The zero-order valence-corrected chi connectivity index (χ0v) is 14.4. The van der Waals surface area contributed by atoms with Gasteiger partial charge in [-0.1, -0.05) is 6.92 Å². The number of carbonyl (C=O) groups excluding carboxylic acids is 1. The number of rotatable bonds is 6. The van der Waals surface area contributed by atoms with E-state index >= 15 is 0 Å². The molecular formula is C16H23N3O3S. The van der Waals surface area contributed by atoms with Gasteiger partial charge >= 0.3 is 0 Å². The van der Waals surface area contributed by atoms with Crippen LogP contribution in [0.1, 0.15) is 36.5 Å². The SMILES string of the molecule is CCCN(C(=O)c1ccc(SC)c([N+](=O)[O-])c1)C1CCNCC1. The van der Waals surface area contributed by atoms with Crippen LogP contribution in [0.4, 0.5) is 5.69 Å². The maximum absolute atomic E-state index is 12.9. The first kappa shape index (κ1) is 17.7. The van der Waals surface area contributed by atoms with E-state index < -0.39 is 4.92 Å². The van der Waals surface area contributed by atoms with Crippen LogP contribution >= 0.6 is 11.8 Å². The third kappa shape index (κ3) is 4.23. The van der Waals surface area contributed by atoms with E-state index in [2.05, 4.69) is 5.32 Å². The zero-order valence-electron chi connectivity index (χ0n) is 13.6. The highest BCUT2D eigenvalue weighted by atomic mass is 32.2. The first-order valence-corrected chi connectivity index (χ1v) is 9.15.